The first-order valence-corrected chi connectivity index (χ1v) is 13.2. The Labute approximate surface area is 199 Å². The van der Waals surface area contributed by atoms with E-state index in [2.05, 4.69) is 5.32 Å². The van der Waals surface area contributed by atoms with Crippen molar-refractivity contribution in [3.05, 3.63) is 58.4 Å². The Morgan fingerprint density at radius 1 is 1.15 bits per heavy atom. The molecule has 33 heavy (non-hydrogen) atoms. The highest BCUT2D eigenvalue weighted by Gasteiger charge is 2.53. The molecule has 0 aromatic heterocycles. The van der Waals surface area contributed by atoms with Crippen LogP contribution in [0.3, 0.4) is 0 Å². The van der Waals surface area contributed by atoms with Crippen molar-refractivity contribution in [1.29, 1.82) is 0 Å². The molecule has 2 saturated carbocycles. The molecule has 0 aliphatic heterocycles. The van der Waals surface area contributed by atoms with E-state index >= 15 is 0 Å². The molecule has 8 heteroatoms. The van der Waals surface area contributed by atoms with Crippen molar-refractivity contribution in [3.8, 4) is 0 Å². The van der Waals surface area contributed by atoms with Crippen molar-refractivity contribution in [1.82, 2.24) is 0 Å². The highest BCUT2D eigenvalue weighted by molar-refractivity contribution is 7.92. The molecule has 2 aromatic rings. The topological polar surface area (TPSA) is 83.5 Å². The number of aliphatic hydroxyl groups is 1. The molecular formula is C25H29ClFNO4S. The maximum Gasteiger partial charge on any atom is 0.255 e. The highest BCUT2D eigenvalue weighted by Crippen LogP contribution is 2.51. The number of hydrogen-bond acceptors (Lipinski definition) is 4. The lowest BCUT2D eigenvalue weighted by Crippen LogP contribution is -2.45. The molecule has 178 valence electrons. The van der Waals surface area contributed by atoms with Gasteiger partial charge in [-0.1, -0.05) is 25.4 Å². The lowest BCUT2D eigenvalue weighted by Gasteiger charge is -2.40. The first kappa shape index (κ1) is 24.2. The number of fused-ring (bicyclic) bond motifs is 2. The zero-order valence-corrected chi connectivity index (χ0v) is 20.5. The summed E-state index contributed by atoms with van der Waals surface area (Å²) in [5.74, 6) is -1.02. The molecule has 2 unspecified atom stereocenters. The minimum Gasteiger partial charge on any atom is -0.390 e. The average molecular weight is 494 g/mol. The van der Waals surface area contributed by atoms with Crippen LogP contribution in [0.2, 0.25) is 5.02 Å². The molecule has 2 atom stereocenters. The van der Waals surface area contributed by atoms with E-state index in [1.807, 2.05) is 13.8 Å². The lowest BCUT2D eigenvalue weighted by molar-refractivity contribution is -0.0413. The van der Waals surface area contributed by atoms with Gasteiger partial charge in [0.05, 0.1) is 20.8 Å². The smallest absolute Gasteiger partial charge is 0.255 e. The van der Waals surface area contributed by atoms with Crippen LogP contribution in [-0.4, -0.2) is 30.3 Å². The number of nitrogens with one attached hydrogen (secondary N) is 1. The van der Waals surface area contributed by atoms with Gasteiger partial charge >= 0.3 is 0 Å². The Hall–Kier alpha value is -1.96. The largest absolute Gasteiger partial charge is 0.390 e. The van der Waals surface area contributed by atoms with Crippen molar-refractivity contribution >= 4 is 33.0 Å². The first-order valence-electron chi connectivity index (χ1n) is 11.3. The van der Waals surface area contributed by atoms with Crippen LogP contribution in [0.15, 0.2) is 41.3 Å². The monoisotopic (exact) mass is 493 g/mol. The second kappa shape index (κ2) is 8.67. The van der Waals surface area contributed by atoms with Gasteiger partial charge in [-0.05, 0) is 92.3 Å². The number of anilines is 1. The van der Waals surface area contributed by atoms with Gasteiger partial charge in [-0.25, -0.2) is 12.8 Å². The molecule has 2 bridgehead atoms. The van der Waals surface area contributed by atoms with Gasteiger partial charge in [-0.15, -0.1) is 0 Å². The minimum atomic E-state index is -3.79. The van der Waals surface area contributed by atoms with E-state index in [-0.39, 0.29) is 39.1 Å². The van der Waals surface area contributed by atoms with E-state index in [4.69, 9.17) is 11.6 Å². The molecule has 1 amide bonds. The average Bonchev–Trinajstić information content (AvgIpc) is 2.92. The highest BCUT2D eigenvalue weighted by atomic mass is 35.5. The summed E-state index contributed by atoms with van der Waals surface area (Å²) in [6, 6.07) is 8.55. The molecular weight excluding hydrogens is 465 g/mol. The number of amides is 1. The summed E-state index contributed by atoms with van der Waals surface area (Å²) in [4.78, 5) is 12.8. The third-order valence-corrected chi connectivity index (χ3v) is 10.1. The summed E-state index contributed by atoms with van der Waals surface area (Å²) in [6.45, 7) is 5.52. The van der Waals surface area contributed by atoms with Crippen LogP contribution in [0.4, 0.5) is 10.1 Å². The number of sulfone groups is 1. The van der Waals surface area contributed by atoms with Gasteiger partial charge in [0, 0.05) is 11.3 Å². The zero-order valence-electron chi connectivity index (χ0n) is 18.9. The molecule has 0 spiro atoms. The first-order chi connectivity index (χ1) is 15.4. The van der Waals surface area contributed by atoms with E-state index in [1.165, 1.54) is 30.3 Å². The summed E-state index contributed by atoms with van der Waals surface area (Å²) >= 11 is 6.28. The normalized spacial score (nSPS) is 27.1. The maximum atomic E-state index is 14.0. The third kappa shape index (κ3) is 4.43. The van der Waals surface area contributed by atoms with Gasteiger partial charge in [0.2, 0.25) is 0 Å². The number of carbonyl (C=O) groups excluding carboxylic acids is 1. The maximum absolute atomic E-state index is 14.0. The van der Waals surface area contributed by atoms with Crippen molar-refractivity contribution in [2.75, 3.05) is 5.32 Å². The molecule has 0 saturated heterocycles. The van der Waals surface area contributed by atoms with Crippen LogP contribution < -0.4 is 5.32 Å². The van der Waals surface area contributed by atoms with Crippen LogP contribution in [0.5, 0.6) is 0 Å². The van der Waals surface area contributed by atoms with Crippen LogP contribution >= 0.6 is 11.6 Å². The van der Waals surface area contributed by atoms with Gasteiger partial charge < -0.3 is 10.4 Å². The second-order valence-electron chi connectivity index (χ2n) is 9.83. The van der Waals surface area contributed by atoms with Crippen molar-refractivity contribution in [3.63, 3.8) is 0 Å². The van der Waals surface area contributed by atoms with E-state index < -0.39 is 26.6 Å². The Bertz CT molecular complexity index is 1180. The Kier molecular flexibility index (Phi) is 6.35. The third-order valence-electron chi connectivity index (χ3n) is 7.43. The quantitative estimate of drug-likeness (QED) is 0.570. The van der Waals surface area contributed by atoms with Crippen LogP contribution in [0.1, 0.15) is 68.3 Å². The molecule has 0 heterocycles. The van der Waals surface area contributed by atoms with Gasteiger partial charge in [0.25, 0.3) is 5.91 Å². The fourth-order valence-electron chi connectivity index (χ4n) is 5.33. The Morgan fingerprint density at radius 3 is 2.39 bits per heavy atom. The van der Waals surface area contributed by atoms with Gasteiger partial charge in [0.1, 0.15) is 5.82 Å². The fraction of sp³-hybridized carbons (Fsp3) is 0.480. The van der Waals surface area contributed by atoms with Crippen LogP contribution in [-0.2, 0) is 9.84 Å². The number of rotatable bonds is 5. The molecule has 0 radical (unpaired) electrons. The predicted molar refractivity (Wildman–Crippen MR) is 127 cm³/mol. The summed E-state index contributed by atoms with van der Waals surface area (Å²) in [7, 11) is -3.79. The van der Waals surface area contributed by atoms with Crippen LogP contribution in [0, 0.1) is 17.7 Å². The second-order valence-corrected chi connectivity index (χ2v) is 12.4. The summed E-state index contributed by atoms with van der Waals surface area (Å²) in [5.41, 5.74) is 0.228. The molecule has 2 fully saturated rings. The van der Waals surface area contributed by atoms with E-state index in [0.29, 0.717) is 24.1 Å². The minimum absolute atomic E-state index is 0.0549. The van der Waals surface area contributed by atoms with Crippen molar-refractivity contribution < 1.29 is 22.7 Å². The molecule has 2 aliphatic carbocycles. The van der Waals surface area contributed by atoms with Gasteiger partial charge in [-0.3, -0.25) is 4.79 Å². The number of hydrogen-bond donors (Lipinski definition) is 2. The SMILES string of the molecule is CC(C)c1cc(NC(=O)c2ccc(Cl)c(S(=O)(=O)C3CC4CCC(C3)C4(C)O)c2)ccc1F. The molecule has 5 nitrogen and oxygen atoms in total. The molecule has 2 N–H and O–H groups in total. The molecule has 2 aromatic carbocycles. The van der Waals surface area contributed by atoms with E-state index in [1.54, 1.807) is 13.0 Å². The van der Waals surface area contributed by atoms with Gasteiger partial charge in [-0.2, -0.15) is 0 Å². The van der Waals surface area contributed by atoms with E-state index in [9.17, 15) is 22.7 Å². The number of halogens is 2. The molecule has 2 aliphatic rings. The van der Waals surface area contributed by atoms with E-state index in [0.717, 1.165) is 12.8 Å². The predicted octanol–water partition coefficient (Wildman–Crippen LogP) is 5.57. The fourth-order valence-corrected chi connectivity index (χ4v) is 7.73. The summed E-state index contributed by atoms with van der Waals surface area (Å²) < 4.78 is 41.0. The zero-order chi connectivity index (χ0) is 24.1. The summed E-state index contributed by atoms with van der Waals surface area (Å²) in [5, 5.41) is 12.9. The summed E-state index contributed by atoms with van der Waals surface area (Å²) in [6.07, 6.45) is 2.39. The van der Waals surface area contributed by atoms with Crippen LogP contribution in [0.25, 0.3) is 0 Å². The van der Waals surface area contributed by atoms with Crippen molar-refractivity contribution in [2.45, 2.75) is 68.1 Å². The molecule has 4 rings (SSSR count). The number of carbonyl (C=O) groups is 1. The van der Waals surface area contributed by atoms with Gasteiger partial charge in [0.15, 0.2) is 9.84 Å². The van der Waals surface area contributed by atoms with Crippen molar-refractivity contribution in [2.24, 2.45) is 11.8 Å². The Morgan fingerprint density at radius 2 is 1.79 bits per heavy atom. The number of benzene rings is 2. The Balaban J connectivity index is 1.59. The standard InChI is InChI=1S/C25H29ClFNO4S/c1-14(2)20-13-18(7-9-22(20)27)28-24(29)15-4-8-21(26)23(10-15)33(31,32)19-11-16-5-6-17(12-19)25(16,3)30/h4,7-10,13-14,16-17,19,30H,5-6,11-12H2,1-3H3,(H,28,29). The lowest BCUT2D eigenvalue weighted by atomic mass is 9.76.